The molecule has 8 unspecified atom stereocenters. The van der Waals surface area contributed by atoms with Crippen LogP contribution in [0.1, 0.15) is 113 Å². The second-order valence-corrected chi connectivity index (χ2v) is 15.0. The number of cyclic esters (lactones) is 1. The van der Waals surface area contributed by atoms with Gasteiger partial charge in [0.2, 0.25) is 0 Å². The number of allylic oxidation sites excluding steroid dienone is 1. The van der Waals surface area contributed by atoms with E-state index >= 15 is 0 Å². The summed E-state index contributed by atoms with van der Waals surface area (Å²) in [5.74, 6) is 0.368. The number of ether oxygens (including phenoxy) is 2. The molecule has 2 fully saturated rings. The fourth-order valence-corrected chi connectivity index (χ4v) is 9.32. The predicted molar refractivity (Wildman–Crippen MR) is 156 cm³/mol. The van der Waals surface area contributed by atoms with Gasteiger partial charge in [0.25, 0.3) is 0 Å². The van der Waals surface area contributed by atoms with E-state index in [1.807, 2.05) is 0 Å². The van der Waals surface area contributed by atoms with Crippen molar-refractivity contribution in [2.45, 2.75) is 130 Å². The summed E-state index contributed by atoms with van der Waals surface area (Å²) >= 11 is 0. The summed E-state index contributed by atoms with van der Waals surface area (Å²) < 4.78 is 11.3. The summed E-state index contributed by atoms with van der Waals surface area (Å²) in [6.07, 6.45) is 13.3. The van der Waals surface area contributed by atoms with Gasteiger partial charge >= 0.3 is 11.9 Å². The van der Waals surface area contributed by atoms with Crippen LogP contribution >= 0.6 is 0 Å². The molecule has 0 radical (unpaired) electrons. The van der Waals surface area contributed by atoms with Crippen LogP contribution in [0.4, 0.5) is 0 Å². The summed E-state index contributed by atoms with van der Waals surface area (Å²) in [7, 11) is 0. The van der Waals surface area contributed by atoms with Gasteiger partial charge in [0.05, 0.1) is 11.7 Å². The lowest BCUT2D eigenvalue weighted by atomic mass is 9.33. The minimum atomic E-state index is -1.24. The van der Waals surface area contributed by atoms with Crippen LogP contribution in [0.2, 0.25) is 0 Å². The number of hydrogen-bond acceptors (Lipinski definition) is 6. The van der Waals surface area contributed by atoms with Gasteiger partial charge in [0, 0.05) is 29.7 Å². The van der Waals surface area contributed by atoms with Gasteiger partial charge in [0.15, 0.2) is 0 Å². The van der Waals surface area contributed by atoms with E-state index in [1.165, 1.54) is 26.2 Å². The molecular formula is C34H54O6. The van der Waals surface area contributed by atoms with Crippen molar-refractivity contribution in [1.29, 1.82) is 0 Å². The third-order valence-electron chi connectivity index (χ3n) is 11.2. The molecule has 0 aromatic heterocycles. The predicted octanol–water partition coefficient (Wildman–Crippen LogP) is 6.53. The van der Waals surface area contributed by atoms with Crippen LogP contribution in [-0.4, -0.2) is 46.6 Å². The highest BCUT2D eigenvalue weighted by Crippen LogP contribution is 2.73. The van der Waals surface area contributed by atoms with Gasteiger partial charge in [-0.25, -0.2) is 4.79 Å². The van der Waals surface area contributed by atoms with E-state index in [4.69, 9.17) is 9.47 Å². The van der Waals surface area contributed by atoms with E-state index in [-0.39, 0.29) is 41.9 Å². The molecule has 226 valence electrons. The molecule has 4 rings (SSSR count). The molecule has 0 aromatic carbocycles. The number of hydrogen-bond donors (Lipinski definition) is 2. The third-order valence-corrected chi connectivity index (χ3v) is 11.2. The maximum atomic E-state index is 13.2. The molecule has 2 bridgehead atoms. The highest BCUT2D eigenvalue weighted by Gasteiger charge is 2.76. The van der Waals surface area contributed by atoms with Crippen molar-refractivity contribution >= 4 is 11.9 Å². The average Bonchev–Trinajstić information content (AvgIpc) is 3.26. The lowest BCUT2D eigenvalue weighted by Gasteiger charge is -2.73. The molecule has 2 saturated carbocycles. The van der Waals surface area contributed by atoms with E-state index in [2.05, 4.69) is 53.7 Å². The largest absolute Gasteiger partial charge is 0.462 e. The Morgan fingerprint density at radius 2 is 1.90 bits per heavy atom. The first-order valence-electron chi connectivity index (χ1n) is 15.8. The Labute approximate surface area is 242 Å². The van der Waals surface area contributed by atoms with Crippen LogP contribution in [0.15, 0.2) is 23.8 Å². The first-order valence-corrected chi connectivity index (χ1v) is 15.8. The second-order valence-electron chi connectivity index (χ2n) is 15.0. The smallest absolute Gasteiger partial charge is 0.331 e. The molecule has 1 spiro atoms. The minimum absolute atomic E-state index is 0.0495. The molecule has 8 atom stereocenters. The zero-order valence-electron chi connectivity index (χ0n) is 26.0. The summed E-state index contributed by atoms with van der Waals surface area (Å²) in [5, 5.41) is 25.4. The molecule has 0 amide bonds. The molecule has 2 N–H and O–H groups in total. The van der Waals surface area contributed by atoms with Crippen LogP contribution in [-0.2, 0) is 19.1 Å². The number of aliphatic hydroxyl groups excluding tert-OH is 1. The molecular weight excluding hydrogens is 504 g/mol. The Balaban J connectivity index is 1.77. The zero-order chi connectivity index (χ0) is 29.5. The van der Waals surface area contributed by atoms with Crippen LogP contribution in [0, 0.1) is 39.9 Å². The maximum Gasteiger partial charge on any atom is 0.331 e. The Morgan fingerprint density at radius 1 is 1.18 bits per heavy atom. The van der Waals surface area contributed by atoms with Gasteiger partial charge in [-0.3, -0.25) is 4.79 Å². The van der Waals surface area contributed by atoms with Crippen LogP contribution in [0.5, 0.6) is 0 Å². The monoisotopic (exact) mass is 558 g/mol. The van der Waals surface area contributed by atoms with Crippen molar-refractivity contribution in [2.24, 2.45) is 39.9 Å². The van der Waals surface area contributed by atoms with Crippen LogP contribution in [0.3, 0.4) is 0 Å². The number of fused-ring (bicyclic) bond motifs is 1. The zero-order valence-corrected chi connectivity index (χ0v) is 26.0. The summed E-state index contributed by atoms with van der Waals surface area (Å²) in [6.45, 7) is 15.1. The highest BCUT2D eigenvalue weighted by atomic mass is 16.5. The van der Waals surface area contributed by atoms with Gasteiger partial charge in [-0.1, -0.05) is 79.4 Å². The fourth-order valence-electron chi connectivity index (χ4n) is 9.32. The van der Waals surface area contributed by atoms with Gasteiger partial charge in [-0.05, 0) is 67.3 Å². The van der Waals surface area contributed by atoms with E-state index < -0.39 is 22.5 Å². The van der Waals surface area contributed by atoms with Crippen molar-refractivity contribution < 1.29 is 29.3 Å². The van der Waals surface area contributed by atoms with Crippen molar-refractivity contribution in [3.63, 3.8) is 0 Å². The minimum Gasteiger partial charge on any atom is -0.462 e. The van der Waals surface area contributed by atoms with Gasteiger partial charge in [0.1, 0.15) is 12.7 Å². The van der Waals surface area contributed by atoms with E-state index in [0.717, 1.165) is 24.8 Å². The first kappa shape index (κ1) is 31.3. The lowest BCUT2D eigenvalue weighted by molar-refractivity contribution is -0.324. The molecule has 0 aromatic rings. The molecule has 1 heterocycles. The van der Waals surface area contributed by atoms with Crippen molar-refractivity contribution in [2.75, 3.05) is 6.61 Å². The molecule has 0 saturated heterocycles. The standard InChI is InChI=1S/C34H54O6/c1-22(2)9-8-10-23(3)11-12-26-14-17-32(7)20-27(40-24(4)35)30-31(5,6)16-15-28(36)34(26,30)33(32,38)18-13-25-19-29(37)39-21-25/h14,17,19,22-23,26-28,30,36,38H,8-13,15-16,18,20-21H2,1-7H3. The van der Waals surface area contributed by atoms with Gasteiger partial charge < -0.3 is 19.7 Å². The number of rotatable bonds is 11. The quantitative estimate of drug-likeness (QED) is 0.221. The van der Waals surface area contributed by atoms with E-state index in [0.29, 0.717) is 37.5 Å². The summed E-state index contributed by atoms with van der Waals surface area (Å²) in [6, 6.07) is 0. The first-order chi connectivity index (χ1) is 18.7. The number of carbonyl (C=O) groups is 2. The third kappa shape index (κ3) is 5.44. The van der Waals surface area contributed by atoms with Crippen molar-refractivity contribution in [1.82, 2.24) is 0 Å². The fraction of sp³-hybridized carbons (Fsp3) is 0.824. The summed E-state index contributed by atoms with van der Waals surface area (Å²) in [5.41, 5.74) is -2.17. The number of carbonyl (C=O) groups excluding carboxylic acids is 2. The topological polar surface area (TPSA) is 93.1 Å². The van der Waals surface area contributed by atoms with Crippen molar-refractivity contribution in [3.05, 3.63) is 23.8 Å². The van der Waals surface area contributed by atoms with Gasteiger partial charge in [-0.15, -0.1) is 0 Å². The average molecular weight is 559 g/mol. The van der Waals surface area contributed by atoms with Crippen molar-refractivity contribution in [3.8, 4) is 0 Å². The Hall–Kier alpha value is -1.66. The number of aliphatic hydroxyl groups is 2. The maximum absolute atomic E-state index is 13.2. The molecule has 40 heavy (non-hydrogen) atoms. The SMILES string of the molecule is CC(=O)OC1CC2(C)C=CC(CCC(C)CCCC(C)C)C3(C(O)CCC(C)(C)C13)C2(O)CCC1=CC(=O)OC1. The molecule has 3 aliphatic carbocycles. The lowest BCUT2D eigenvalue weighted by Crippen LogP contribution is -2.78. The second kappa shape index (κ2) is 11.6. The van der Waals surface area contributed by atoms with Gasteiger partial charge in [-0.2, -0.15) is 0 Å². The van der Waals surface area contributed by atoms with E-state index in [9.17, 15) is 19.8 Å². The Morgan fingerprint density at radius 3 is 2.52 bits per heavy atom. The Bertz CT molecular complexity index is 1010. The normalized spacial score (nSPS) is 39.0. The van der Waals surface area contributed by atoms with Crippen LogP contribution in [0.25, 0.3) is 0 Å². The highest BCUT2D eigenvalue weighted by molar-refractivity contribution is 5.85. The Kier molecular flexibility index (Phi) is 9.03. The molecule has 6 nitrogen and oxygen atoms in total. The number of esters is 2. The molecule has 1 aliphatic heterocycles. The van der Waals surface area contributed by atoms with Crippen LogP contribution < -0.4 is 0 Å². The summed E-state index contributed by atoms with van der Waals surface area (Å²) in [4.78, 5) is 24.2. The van der Waals surface area contributed by atoms with E-state index in [1.54, 1.807) is 6.08 Å². The molecule has 4 aliphatic rings. The molecule has 6 heteroatoms.